The van der Waals surface area contributed by atoms with Crippen molar-refractivity contribution in [2.45, 2.75) is 25.0 Å². The Morgan fingerprint density at radius 3 is 2.45 bits per heavy atom. The summed E-state index contributed by atoms with van der Waals surface area (Å²) < 4.78 is 5.14. The highest BCUT2D eigenvalue weighted by atomic mass is 16.5. The number of pyridine rings is 1. The number of nitrogens with zero attached hydrogens (tertiary/aromatic N) is 1. The van der Waals surface area contributed by atoms with E-state index < -0.39 is 0 Å². The Hall–Kier alpha value is -3.18. The van der Waals surface area contributed by atoms with Crippen molar-refractivity contribution in [2.75, 3.05) is 7.11 Å². The molecule has 5 nitrogen and oxygen atoms in total. The summed E-state index contributed by atoms with van der Waals surface area (Å²) >= 11 is 0. The van der Waals surface area contributed by atoms with E-state index in [4.69, 9.17) is 4.74 Å². The average Bonchev–Trinajstić information content (AvgIpc) is 2.76. The fraction of sp³-hybridized carbons (Fsp3) is 0.250. The topological polar surface area (TPSA) is 71.5 Å². The number of aliphatic hydroxyl groups excluding tert-OH is 1. The standard InChI is InChI=1S/C24H24N2O3/c1-29-22-12-11-17(15-25-22)23(18-13-19(27)14-18)26-24(28)21-10-6-5-9-20(21)16-7-3-2-4-8-16/h2-12,15,18-19,23,27H,13-14H2,1H3,(H,26,28). The van der Waals surface area contributed by atoms with Crippen LogP contribution in [0.3, 0.4) is 0 Å². The molecule has 4 rings (SSSR count). The number of amides is 1. The molecule has 1 heterocycles. The van der Waals surface area contributed by atoms with E-state index in [1.54, 1.807) is 19.4 Å². The van der Waals surface area contributed by atoms with Gasteiger partial charge in [0.25, 0.3) is 5.91 Å². The van der Waals surface area contributed by atoms with E-state index in [2.05, 4.69) is 10.3 Å². The van der Waals surface area contributed by atoms with Gasteiger partial charge in [0.05, 0.1) is 19.3 Å². The fourth-order valence-corrected chi connectivity index (χ4v) is 3.84. The zero-order valence-electron chi connectivity index (χ0n) is 16.3. The van der Waals surface area contributed by atoms with Crippen LogP contribution < -0.4 is 10.1 Å². The van der Waals surface area contributed by atoms with Crippen LogP contribution in [0.4, 0.5) is 0 Å². The Bertz CT molecular complexity index is 967. The van der Waals surface area contributed by atoms with Crippen LogP contribution in [0.5, 0.6) is 5.88 Å². The van der Waals surface area contributed by atoms with Gasteiger partial charge in [0, 0.05) is 17.8 Å². The minimum atomic E-state index is -0.304. The highest BCUT2D eigenvalue weighted by molar-refractivity contribution is 6.01. The van der Waals surface area contributed by atoms with Gasteiger partial charge in [-0.1, -0.05) is 54.6 Å². The number of ether oxygens (including phenoxy) is 1. The van der Waals surface area contributed by atoms with Gasteiger partial charge >= 0.3 is 0 Å². The van der Waals surface area contributed by atoms with Crippen LogP contribution in [-0.2, 0) is 0 Å². The van der Waals surface area contributed by atoms with Crippen molar-refractivity contribution in [2.24, 2.45) is 5.92 Å². The highest BCUT2D eigenvalue weighted by Crippen LogP contribution is 2.38. The number of aliphatic hydroxyl groups is 1. The number of hydrogen-bond acceptors (Lipinski definition) is 4. The summed E-state index contributed by atoms with van der Waals surface area (Å²) in [6.07, 6.45) is 2.76. The molecule has 1 unspecified atom stereocenters. The first-order valence-electron chi connectivity index (χ1n) is 9.79. The Morgan fingerprint density at radius 1 is 1.07 bits per heavy atom. The molecule has 0 aliphatic heterocycles. The third-order valence-electron chi connectivity index (χ3n) is 5.49. The van der Waals surface area contributed by atoms with Crippen molar-refractivity contribution in [3.63, 3.8) is 0 Å². The number of carbonyl (C=O) groups is 1. The van der Waals surface area contributed by atoms with Crippen molar-refractivity contribution in [3.05, 3.63) is 84.1 Å². The molecule has 1 fully saturated rings. The average molecular weight is 388 g/mol. The lowest BCUT2D eigenvalue weighted by Crippen LogP contribution is -2.41. The van der Waals surface area contributed by atoms with Crippen LogP contribution in [0.15, 0.2) is 72.9 Å². The lowest BCUT2D eigenvalue weighted by Gasteiger charge is -2.38. The summed E-state index contributed by atoms with van der Waals surface area (Å²) in [5.74, 6) is 0.571. The van der Waals surface area contributed by atoms with Gasteiger partial charge in [0.15, 0.2) is 0 Å². The van der Waals surface area contributed by atoms with Crippen molar-refractivity contribution >= 4 is 5.91 Å². The number of carbonyl (C=O) groups excluding carboxylic acids is 1. The fourth-order valence-electron chi connectivity index (χ4n) is 3.84. The predicted molar refractivity (Wildman–Crippen MR) is 112 cm³/mol. The SMILES string of the molecule is COc1ccc(C(NC(=O)c2ccccc2-c2ccccc2)C2CC(O)C2)cn1. The van der Waals surface area contributed by atoms with Crippen molar-refractivity contribution < 1.29 is 14.6 Å². The monoisotopic (exact) mass is 388 g/mol. The Labute approximate surface area is 170 Å². The molecule has 148 valence electrons. The Balaban J connectivity index is 1.62. The van der Waals surface area contributed by atoms with Gasteiger partial charge in [-0.2, -0.15) is 0 Å². The molecule has 0 radical (unpaired) electrons. The summed E-state index contributed by atoms with van der Waals surface area (Å²) in [7, 11) is 1.57. The summed E-state index contributed by atoms with van der Waals surface area (Å²) in [6.45, 7) is 0. The van der Waals surface area contributed by atoms with Crippen molar-refractivity contribution in [3.8, 4) is 17.0 Å². The quantitative estimate of drug-likeness (QED) is 0.670. The number of benzene rings is 2. The molecule has 0 bridgehead atoms. The molecule has 1 aliphatic rings. The van der Waals surface area contributed by atoms with Gasteiger partial charge in [-0.05, 0) is 41.5 Å². The minimum Gasteiger partial charge on any atom is -0.481 e. The molecule has 1 saturated carbocycles. The van der Waals surface area contributed by atoms with Crippen molar-refractivity contribution in [1.29, 1.82) is 0 Å². The van der Waals surface area contributed by atoms with E-state index in [0.717, 1.165) is 16.7 Å². The van der Waals surface area contributed by atoms with Crippen LogP contribution in [0.1, 0.15) is 34.8 Å². The first kappa shape index (κ1) is 19.2. The molecular formula is C24H24N2O3. The van der Waals surface area contributed by atoms with Gasteiger partial charge in [-0.25, -0.2) is 4.98 Å². The second kappa shape index (κ2) is 8.45. The summed E-state index contributed by atoms with van der Waals surface area (Å²) in [5, 5.41) is 13.0. The first-order chi connectivity index (χ1) is 14.2. The van der Waals surface area contributed by atoms with Crippen LogP contribution in [0.2, 0.25) is 0 Å². The van der Waals surface area contributed by atoms with E-state index in [1.165, 1.54) is 0 Å². The first-order valence-corrected chi connectivity index (χ1v) is 9.79. The Kier molecular flexibility index (Phi) is 5.58. The van der Waals surface area contributed by atoms with E-state index in [9.17, 15) is 9.90 Å². The zero-order valence-corrected chi connectivity index (χ0v) is 16.3. The van der Waals surface area contributed by atoms with Crippen LogP contribution in [-0.4, -0.2) is 29.2 Å². The van der Waals surface area contributed by atoms with E-state index >= 15 is 0 Å². The van der Waals surface area contributed by atoms with E-state index in [1.807, 2.05) is 60.7 Å². The molecule has 1 atom stereocenters. The Morgan fingerprint density at radius 2 is 1.79 bits per heavy atom. The molecule has 29 heavy (non-hydrogen) atoms. The molecule has 1 aromatic heterocycles. The number of nitrogens with one attached hydrogen (secondary N) is 1. The van der Waals surface area contributed by atoms with Crippen LogP contribution in [0, 0.1) is 5.92 Å². The predicted octanol–water partition coefficient (Wildman–Crippen LogP) is 4.00. The van der Waals surface area contributed by atoms with Gasteiger partial charge in [-0.15, -0.1) is 0 Å². The molecule has 1 amide bonds. The highest BCUT2D eigenvalue weighted by Gasteiger charge is 2.36. The molecule has 1 aliphatic carbocycles. The lowest BCUT2D eigenvalue weighted by molar-refractivity contribution is 0.0234. The zero-order chi connectivity index (χ0) is 20.2. The molecule has 5 heteroatoms. The molecule has 0 saturated heterocycles. The summed E-state index contributed by atoms with van der Waals surface area (Å²) in [5.41, 5.74) is 3.43. The minimum absolute atomic E-state index is 0.133. The second-order valence-corrected chi connectivity index (χ2v) is 7.38. The van der Waals surface area contributed by atoms with E-state index in [0.29, 0.717) is 24.3 Å². The normalized spacial score (nSPS) is 19.1. The number of methoxy groups -OCH3 is 1. The molecule has 0 spiro atoms. The number of rotatable bonds is 6. The molecule has 2 N–H and O–H groups in total. The smallest absolute Gasteiger partial charge is 0.252 e. The maximum Gasteiger partial charge on any atom is 0.252 e. The van der Waals surface area contributed by atoms with Crippen LogP contribution in [0.25, 0.3) is 11.1 Å². The maximum atomic E-state index is 13.3. The molecule has 2 aromatic carbocycles. The number of aromatic nitrogens is 1. The van der Waals surface area contributed by atoms with Gasteiger partial charge in [-0.3, -0.25) is 4.79 Å². The van der Waals surface area contributed by atoms with E-state index in [-0.39, 0.29) is 24.0 Å². The largest absolute Gasteiger partial charge is 0.481 e. The van der Waals surface area contributed by atoms with Crippen LogP contribution >= 0.6 is 0 Å². The maximum absolute atomic E-state index is 13.3. The summed E-state index contributed by atoms with van der Waals surface area (Å²) in [6, 6.07) is 21.0. The third kappa shape index (κ3) is 4.15. The second-order valence-electron chi connectivity index (χ2n) is 7.38. The molecule has 3 aromatic rings. The molecular weight excluding hydrogens is 364 g/mol. The third-order valence-corrected chi connectivity index (χ3v) is 5.49. The van der Waals surface area contributed by atoms with Gasteiger partial charge in [0.2, 0.25) is 5.88 Å². The van der Waals surface area contributed by atoms with Crippen molar-refractivity contribution in [1.82, 2.24) is 10.3 Å². The van der Waals surface area contributed by atoms with Gasteiger partial charge < -0.3 is 15.2 Å². The number of hydrogen-bond donors (Lipinski definition) is 2. The lowest BCUT2D eigenvalue weighted by atomic mass is 9.75. The summed E-state index contributed by atoms with van der Waals surface area (Å²) in [4.78, 5) is 17.5. The van der Waals surface area contributed by atoms with Gasteiger partial charge in [0.1, 0.15) is 0 Å².